The van der Waals surface area contributed by atoms with Crippen molar-refractivity contribution in [1.29, 1.82) is 0 Å². The van der Waals surface area contributed by atoms with Crippen LogP contribution in [0.1, 0.15) is 51.9 Å². The minimum absolute atomic E-state index is 0.304. The topological polar surface area (TPSA) is 17.1 Å². The third kappa shape index (κ3) is 3.33. The summed E-state index contributed by atoms with van der Waals surface area (Å²) in [5.74, 6) is 0.465. The molecule has 1 fully saturated rings. The smallest absolute Gasteiger partial charge is 0.133 e. The van der Waals surface area contributed by atoms with Gasteiger partial charge in [-0.1, -0.05) is 13.0 Å². The monoisotopic (exact) mass is 180 g/mol. The molecule has 1 aliphatic rings. The Labute approximate surface area is 81.2 Å². The van der Waals surface area contributed by atoms with E-state index in [4.69, 9.17) is 0 Å². The Balaban J connectivity index is 2.35. The van der Waals surface area contributed by atoms with E-state index in [0.717, 1.165) is 25.7 Å². The van der Waals surface area contributed by atoms with Crippen molar-refractivity contribution in [2.75, 3.05) is 0 Å². The Kier molecular flexibility index (Phi) is 3.71. The average Bonchev–Trinajstić information content (AvgIpc) is 2.04. The molecule has 13 heavy (non-hydrogen) atoms. The van der Waals surface area contributed by atoms with E-state index in [1.165, 1.54) is 19.3 Å². The number of rotatable bonds is 4. The minimum atomic E-state index is 0.304. The highest BCUT2D eigenvalue weighted by molar-refractivity contribution is 5.79. The van der Waals surface area contributed by atoms with Gasteiger partial charge < -0.3 is 0 Å². The molecule has 1 saturated carbocycles. The third-order valence-electron chi connectivity index (χ3n) is 3.05. The molecular weight excluding hydrogens is 160 g/mol. The van der Waals surface area contributed by atoms with Crippen molar-refractivity contribution >= 4 is 5.78 Å². The Morgan fingerprint density at radius 1 is 1.62 bits per heavy atom. The summed E-state index contributed by atoms with van der Waals surface area (Å²) >= 11 is 0. The number of unbranched alkanes of at least 4 members (excludes halogenated alkanes) is 1. The van der Waals surface area contributed by atoms with Gasteiger partial charge in [-0.15, -0.1) is 6.58 Å². The zero-order valence-electron chi connectivity index (χ0n) is 8.64. The van der Waals surface area contributed by atoms with E-state index in [1.54, 1.807) is 0 Å². The van der Waals surface area contributed by atoms with Gasteiger partial charge >= 0.3 is 0 Å². The normalized spacial score (nSPS) is 28.8. The van der Waals surface area contributed by atoms with Crippen molar-refractivity contribution in [3.8, 4) is 0 Å². The van der Waals surface area contributed by atoms with Crippen molar-refractivity contribution in [2.45, 2.75) is 51.9 Å². The molecule has 0 aromatic rings. The van der Waals surface area contributed by atoms with E-state index in [0.29, 0.717) is 11.2 Å². The predicted molar refractivity (Wildman–Crippen MR) is 55.6 cm³/mol. The lowest BCUT2D eigenvalue weighted by atomic mass is 9.72. The van der Waals surface area contributed by atoms with Crippen LogP contribution < -0.4 is 0 Å². The van der Waals surface area contributed by atoms with Crippen molar-refractivity contribution < 1.29 is 4.79 Å². The molecule has 0 spiro atoms. The molecule has 0 bridgehead atoms. The summed E-state index contributed by atoms with van der Waals surface area (Å²) in [7, 11) is 0. The second-order valence-electron chi connectivity index (χ2n) is 4.56. The van der Waals surface area contributed by atoms with Gasteiger partial charge in [0.15, 0.2) is 0 Å². The summed E-state index contributed by atoms with van der Waals surface area (Å²) < 4.78 is 0. The summed E-state index contributed by atoms with van der Waals surface area (Å²) in [6.45, 7) is 5.97. The van der Waals surface area contributed by atoms with Crippen molar-refractivity contribution in [3.05, 3.63) is 12.7 Å². The van der Waals surface area contributed by atoms with Gasteiger partial charge in [0.25, 0.3) is 0 Å². The van der Waals surface area contributed by atoms with Gasteiger partial charge in [-0.3, -0.25) is 4.79 Å². The highest BCUT2D eigenvalue weighted by Gasteiger charge is 2.30. The van der Waals surface area contributed by atoms with Gasteiger partial charge in [0.05, 0.1) is 0 Å². The van der Waals surface area contributed by atoms with Crippen molar-refractivity contribution in [3.63, 3.8) is 0 Å². The van der Waals surface area contributed by atoms with Crippen LogP contribution in [-0.4, -0.2) is 5.78 Å². The van der Waals surface area contributed by atoms with E-state index >= 15 is 0 Å². The summed E-state index contributed by atoms with van der Waals surface area (Å²) in [6, 6.07) is 0. The fourth-order valence-electron chi connectivity index (χ4n) is 2.25. The first-order chi connectivity index (χ1) is 6.16. The zero-order valence-corrected chi connectivity index (χ0v) is 8.64. The SMILES string of the molecule is C=CCCC[C@@]1(C)CCCC(=O)C1. The quantitative estimate of drug-likeness (QED) is 0.478. The number of Topliss-reactive ketones (excluding diaryl/α,β-unsaturated/α-hetero) is 1. The first kappa shape index (κ1) is 10.5. The van der Waals surface area contributed by atoms with Gasteiger partial charge in [0, 0.05) is 12.8 Å². The molecule has 0 aliphatic heterocycles. The molecule has 0 heterocycles. The van der Waals surface area contributed by atoms with Crippen LogP contribution in [0.15, 0.2) is 12.7 Å². The molecule has 74 valence electrons. The Bertz CT molecular complexity index is 195. The lowest BCUT2D eigenvalue weighted by Crippen LogP contribution is -2.25. The van der Waals surface area contributed by atoms with Crippen molar-refractivity contribution in [1.82, 2.24) is 0 Å². The van der Waals surface area contributed by atoms with Crippen LogP contribution in [-0.2, 0) is 4.79 Å². The maximum Gasteiger partial charge on any atom is 0.133 e. The molecule has 1 rings (SSSR count). The molecule has 0 radical (unpaired) electrons. The number of ketones is 1. The maximum atomic E-state index is 11.3. The molecule has 0 N–H and O–H groups in total. The number of carbonyl (C=O) groups is 1. The number of hydrogen-bond acceptors (Lipinski definition) is 1. The second kappa shape index (κ2) is 4.59. The average molecular weight is 180 g/mol. The maximum absolute atomic E-state index is 11.3. The standard InChI is InChI=1S/C12H20O/c1-3-4-5-8-12(2)9-6-7-11(13)10-12/h3H,1,4-10H2,2H3/t12-/m0/s1. The lowest BCUT2D eigenvalue weighted by Gasteiger charge is -2.32. The van der Waals surface area contributed by atoms with Crippen molar-refractivity contribution in [2.24, 2.45) is 5.41 Å². The molecule has 0 amide bonds. The van der Waals surface area contributed by atoms with Crippen LogP contribution in [0, 0.1) is 5.41 Å². The minimum Gasteiger partial charge on any atom is -0.300 e. The van der Waals surface area contributed by atoms with Gasteiger partial charge in [0.1, 0.15) is 5.78 Å². The number of carbonyl (C=O) groups excluding carboxylic acids is 1. The van der Waals surface area contributed by atoms with E-state index in [1.807, 2.05) is 6.08 Å². The van der Waals surface area contributed by atoms with E-state index in [9.17, 15) is 4.79 Å². The van der Waals surface area contributed by atoms with Gasteiger partial charge in [-0.05, 0) is 37.5 Å². The largest absolute Gasteiger partial charge is 0.300 e. The molecule has 0 unspecified atom stereocenters. The lowest BCUT2D eigenvalue weighted by molar-refractivity contribution is -0.123. The number of allylic oxidation sites excluding steroid dienone is 1. The van der Waals surface area contributed by atoms with Gasteiger partial charge in [0.2, 0.25) is 0 Å². The highest BCUT2D eigenvalue weighted by Crippen LogP contribution is 2.38. The van der Waals surface area contributed by atoms with E-state index < -0.39 is 0 Å². The molecule has 0 aromatic heterocycles. The molecular formula is C12H20O. The molecule has 1 atom stereocenters. The summed E-state index contributed by atoms with van der Waals surface area (Å²) in [5.41, 5.74) is 0.304. The summed E-state index contributed by atoms with van der Waals surface area (Å²) in [4.78, 5) is 11.3. The first-order valence-electron chi connectivity index (χ1n) is 5.29. The molecule has 0 saturated heterocycles. The highest BCUT2D eigenvalue weighted by atomic mass is 16.1. The van der Waals surface area contributed by atoms with Gasteiger partial charge in [-0.25, -0.2) is 0 Å². The third-order valence-corrected chi connectivity index (χ3v) is 3.05. The van der Waals surface area contributed by atoms with Gasteiger partial charge in [-0.2, -0.15) is 0 Å². The molecule has 1 aliphatic carbocycles. The molecule has 0 aromatic carbocycles. The summed E-state index contributed by atoms with van der Waals surface area (Å²) in [5, 5.41) is 0. The van der Waals surface area contributed by atoms with E-state index in [-0.39, 0.29) is 0 Å². The Hall–Kier alpha value is -0.590. The number of hydrogen-bond donors (Lipinski definition) is 0. The summed E-state index contributed by atoms with van der Waals surface area (Å²) in [6.07, 6.45) is 9.39. The van der Waals surface area contributed by atoms with Crippen LogP contribution in [0.4, 0.5) is 0 Å². The van der Waals surface area contributed by atoms with Crippen LogP contribution in [0.2, 0.25) is 0 Å². The van der Waals surface area contributed by atoms with E-state index in [2.05, 4.69) is 13.5 Å². The van der Waals surface area contributed by atoms with Crippen LogP contribution in [0.5, 0.6) is 0 Å². The van der Waals surface area contributed by atoms with Crippen LogP contribution in [0.3, 0.4) is 0 Å². The predicted octanol–water partition coefficient (Wildman–Crippen LogP) is 3.49. The zero-order chi connectivity index (χ0) is 9.73. The fraction of sp³-hybridized carbons (Fsp3) is 0.750. The van der Waals surface area contributed by atoms with Crippen LogP contribution in [0.25, 0.3) is 0 Å². The fourth-order valence-corrected chi connectivity index (χ4v) is 2.25. The molecule has 1 heteroatoms. The first-order valence-corrected chi connectivity index (χ1v) is 5.29. The second-order valence-corrected chi connectivity index (χ2v) is 4.56. The molecule has 1 nitrogen and oxygen atoms in total. The Morgan fingerprint density at radius 3 is 3.00 bits per heavy atom. The van der Waals surface area contributed by atoms with Crippen LogP contribution >= 0.6 is 0 Å². The Morgan fingerprint density at radius 2 is 2.38 bits per heavy atom.